The highest BCUT2D eigenvalue weighted by Gasteiger charge is 2.08. The molecule has 1 aromatic carbocycles. The van der Waals surface area contributed by atoms with E-state index in [1.807, 2.05) is 18.2 Å². The molecule has 0 aliphatic rings. The molecule has 0 aliphatic carbocycles. The first-order chi connectivity index (χ1) is 6.40. The van der Waals surface area contributed by atoms with E-state index in [2.05, 4.69) is 47.0 Å². The van der Waals surface area contributed by atoms with Crippen molar-refractivity contribution in [2.24, 2.45) is 0 Å². The van der Waals surface area contributed by atoms with Gasteiger partial charge in [-0.05, 0) is 28.1 Å². The van der Waals surface area contributed by atoms with Crippen LogP contribution >= 0.6 is 27.5 Å². The summed E-state index contributed by atoms with van der Waals surface area (Å²) in [6, 6.07) is 5.81. The minimum atomic E-state index is -1.32. The van der Waals surface area contributed by atoms with Crippen LogP contribution in [-0.4, -0.2) is 8.07 Å². The lowest BCUT2D eigenvalue weighted by Crippen LogP contribution is -2.16. The summed E-state index contributed by atoms with van der Waals surface area (Å²) in [5.41, 5.74) is 4.20. The van der Waals surface area contributed by atoms with Gasteiger partial charge in [-0.2, -0.15) is 0 Å². The Kier molecular flexibility index (Phi) is 3.83. The molecular weight excluding hydrogens is 276 g/mol. The maximum absolute atomic E-state index is 6.09. The number of hydrogen-bond donors (Lipinski definition) is 0. The van der Waals surface area contributed by atoms with Crippen LogP contribution in [0.2, 0.25) is 24.7 Å². The second-order valence-electron chi connectivity index (χ2n) is 4.10. The monoisotopic (exact) mass is 286 g/mol. The van der Waals surface area contributed by atoms with Crippen LogP contribution < -0.4 is 0 Å². The molecule has 74 valence electrons. The largest absolute Gasteiger partial charge is 0.129 e. The van der Waals surface area contributed by atoms with Gasteiger partial charge < -0.3 is 0 Å². The third kappa shape index (κ3) is 3.49. The fraction of sp³-hybridized carbons (Fsp3) is 0.273. The number of benzene rings is 1. The Balaban J connectivity index is 3.08. The van der Waals surface area contributed by atoms with Gasteiger partial charge in [0.25, 0.3) is 0 Å². The van der Waals surface area contributed by atoms with Gasteiger partial charge in [0.1, 0.15) is 8.07 Å². The summed E-state index contributed by atoms with van der Waals surface area (Å²) < 4.78 is 0.904. The lowest BCUT2D eigenvalue weighted by molar-refractivity contribution is 1.60. The van der Waals surface area contributed by atoms with E-state index in [1.165, 1.54) is 0 Å². The topological polar surface area (TPSA) is 0 Å². The zero-order chi connectivity index (χ0) is 10.8. The van der Waals surface area contributed by atoms with E-state index >= 15 is 0 Å². The first kappa shape index (κ1) is 11.8. The maximum atomic E-state index is 6.09. The van der Waals surface area contributed by atoms with E-state index in [-0.39, 0.29) is 0 Å². The summed E-state index contributed by atoms with van der Waals surface area (Å²) in [4.78, 5) is 0. The molecule has 0 fully saturated rings. The molecule has 3 heteroatoms. The van der Waals surface area contributed by atoms with Crippen LogP contribution in [0.25, 0.3) is 0 Å². The molecule has 0 aliphatic heterocycles. The number of rotatable bonds is 0. The van der Waals surface area contributed by atoms with Gasteiger partial charge in [0.2, 0.25) is 0 Å². The Morgan fingerprint density at radius 3 is 2.50 bits per heavy atom. The third-order valence-corrected chi connectivity index (χ3v) is 3.70. The molecule has 0 aromatic heterocycles. The molecule has 14 heavy (non-hydrogen) atoms. The van der Waals surface area contributed by atoms with Crippen LogP contribution in [0.15, 0.2) is 22.7 Å². The smallest absolute Gasteiger partial charge is 0.127 e. The van der Waals surface area contributed by atoms with Gasteiger partial charge in [-0.1, -0.05) is 43.2 Å². The second kappa shape index (κ2) is 4.52. The Bertz CT molecular complexity index is 396. The molecule has 0 radical (unpaired) electrons. The average Bonchev–Trinajstić information content (AvgIpc) is 2.06. The van der Waals surface area contributed by atoms with Crippen LogP contribution in [0, 0.1) is 11.5 Å². The maximum Gasteiger partial charge on any atom is 0.129 e. The van der Waals surface area contributed by atoms with Crippen molar-refractivity contribution in [3.63, 3.8) is 0 Å². The fourth-order valence-electron chi connectivity index (χ4n) is 0.855. The first-order valence-corrected chi connectivity index (χ1v) is 9.04. The summed E-state index contributed by atoms with van der Waals surface area (Å²) >= 11 is 9.47. The first-order valence-electron chi connectivity index (χ1n) is 4.37. The van der Waals surface area contributed by atoms with Crippen molar-refractivity contribution < 1.29 is 0 Å². The molecule has 0 nitrogen and oxygen atoms in total. The second-order valence-corrected chi connectivity index (χ2v) is 10.1. The molecule has 0 saturated carbocycles. The molecule has 0 bridgehead atoms. The summed E-state index contributed by atoms with van der Waals surface area (Å²) in [5, 5.41) is 0.707. The van der Waals surface area contributed by atoms with Gasteiger partial charge in [0.15, 0.2) is 0 Å². The van der Waals surface area contributed by atoms with Crippen LogP contribution in [0.1, 0.15) is 5.56 Å². The van der Waals surface area contributed by atoms with Crippen molar-refractivity contribution >= 4 is 35.6 Å². The molecule has 0 atom stereocenters. The fourth-order valence-corrected chi connectivity index (χ4v) is 1.90. The molecular formula is C11H12BrClSi. The van der Waals surface area contributed by atoms with Crippen LogP contribution in [0.3, 0.4) is 0 Å². The molecule has 1 rings (SSSR count). The standard InChI is InChI=1S/C11H12BrClSi/c1-14(2,3)8-7-9-5-4-6-10(12)11(9)13/h4-6H,1-3H3. The highest BCUT2D eigenvalue weighted by atomic mass is 79.9. The molecule has 0 N–H and O–H groups in total. The van der Waals surface area contributed by atoms with Crippen LogP contribution in [-0.2, 0) is 0 Å². The molecule has 1 aromatic rings. The van der Waals surface area contributed by atoms with E-state index in [0.717, 1.165) is 10.0 Å². The zero-order valence-corrected chi connectivity index (χ0v) is 11.8. The summed E-state index contributed by atoms with van der Waals surface area (Å²) in [5.74, 6) is 3.14. The minimum Gasteiger partial charge on any atom is -0.127 e. The van der Waals surface area contributed by atoms with E-state index in [1.54, 1.807) is 0 Å². The van der Waals surface area contributed by atoms with E-state index in [9.17, 15) is 0 Å². The summed E-state index contributed by atoms with van der Waals surface area (Å²) in [6.07, 6.45) is 0. The van der Waals surface area contributed by atoms with Gasteiger partial charge in [-0.3, -0.25) is 0 Å². The van der Waals surface area contributed by atoms with E-state index in [4.69, 9.17) is 11.6 Å². The lowest BCUT2D eigenvalue weighted by atomic mass is 10.2. The summed E-state index contributed by atoms with van der Waals surface area (Å²) in [7, 11) is -1.32. The molecule has 0 spiro atoms. The quantitative estimate of drug-likeness (QED) is 0.492. The minimum absolute atomic E-state index is 0.707. The normalized spacial score (nSPS) is 10.6. The van der Waals surface area contributed by atoms with Gasteiger partial charge in [-0.25, -0.2) is 0 Å². The molecule has 0 amide bonds. The van der Waals surface area contributed by atoms with Crippen molar-refractivity contribution in [2.75, 3.05) is 0 Å². The Labute approximate surface area is 99.8 Å². The van der Waals surface area contributed by atoms with Crippen LogP contribution in [0.5, 0.6) is 0 Å². The van der Waals surface area contributed by atoms with Gasteiger partial charge in [0, 0.05) is 10.0 Å². The van der Waals surface area contributed by atoms with E-state index in [0.29, 0.717) is 5.02 Å². The SMILES string of the molecule is C[Si](C)(C)C#Cc1cccc(Br)c1Cl. The molecule has 0 unspecified atom stereocenters. The van der Waals surface area contributed by atoms with E-state index < -0.39 is 8.07 Å². The predicted molar refractivity (Wildman–Crippen MR) is 69.4 cm³/mol. The van der Waals surface area contributed by atoms with Crippen molar-refractivity contribution in [1.29, 1.82) is 0 Å². The van der Waals surface area contributed by atoms with Gasteiger partial charge in [0.05, 0.1) is 5.02 Å². The molecule has 0 heterocycles. The number of hydrogen-bond acceptors (Lipinski definition) is 0. The zero-order valence-electron chi connectivity index (χ0n) is 8.49. The molecule has 0 saturated heterocycles. The summed E-state index contributed by atoms with van der Waals surface area (Å²) in [6.45, 7) is 6.64. The average molecular weight is 288 g/mol. The van der Waals surface area contributed by atoms with Crippen LogP contribution in [0.4, 0.5) is 0 Å². The third-order valence-electron chi connectivity index (χ3n) is 1.52. The Hall–Kier alpha value is -0.233. The number of halogens is 2. The van der Waals surface area contributed by atoms with Gasteiger partial charge >= 0.3 is 0 Å². The lowest BCUT2D eigenvalue weighted by Gasteiger charge is -2.04. The predicted octanol–water partition coefficient (Wildman–Crippen LogP) is 4.33. The van der Waals surface area contributed by atoms with Gasteiger partial charge in [-0.15, -0.1) is 5.54 Å². The Morgan fingerprint density at radius 2 is 1.93 bits per heavy atom. The van der Waals surface area contributed by atoms with Crippen molar-refractivity contribution in [1.82, 2.24) is 0 Å². The van der Waals surface area contributed by atoms with Crippen molar-refractivity contribution in [3.05, 3.63) is 33.3 Å². The van der Waals surface area contributed by atoms with Crippen molar-refractivity contribution in [3.8, 4) is 11.5 Å². The van der Waals surface area contributed by atoms with Crippen molar-refractivity contribution in [2.45, 2.75) is 19.6 Å². The highest BCUT2D eigenvalue weighted by Crippen LogP contribution is 2.25. The Morgan fingerprint density at radius 1 is 1.29 bits per heavy atom. The highest BCUT2D eigenvalue weighted by molar-refractivity contribution is 9.10.